The van der Waals surface area contributed by atoms with Crippen LogP contribution in [0.5, 0.6) is 5.88 Å². The summed E-state index contributed by atoms with van der Waals surface area (Å²) in [5, 5.41) is 0. The lowest BCUT2D eigenvalue weighted by atomic mass is 9.81. The first-order valence-corrected chi connectivity index (χ1v) is 9.70. The summed E-state index contributed by atoms with van der Waals surface area (Å²) in [7, 11) is 3.01. The molecule has 0 fully saturated rings. The molecule has 3 aromatic rings. The van der Waals surface area contributed by atoms with Crippen molar-refractivity contribution in [1.29, 1.82) is 0 Å². The lowest BCUT2D eigenvalue weighted by Crippen LogP contribution is -2.42. The molecule has 1 aromatic heterocycles. The van der Waals surface area contributed by atoms with Crippen LogP contribution >= 0.6 is 0 Å². The van der Waals surface area contributed by atoms with Crippen LogP contribution in [0, 0.1) is 0 Å². The maximum Gasteiger partial charge on any atom is 0.333 e. The summed E-state index contributed by atoms with van der Waals surface area (Å²) in [6.45, 7) is 1.48. The molecule has 6 heteroatoms. The van der Waals surface area contributed by atoms with Crippen LogP contribution in [0.1, 0.15) is 29.5 Å². The highest BCUT2D eigenvalue weighted by Gasteiger charge is 2.37. The molecular formula is C24H22N2O4. The van der Waals surface area contributed by atoms with Crippen LogP contribution in [0.15, 0.2) is 81.6 Å². The van der Waals surface area contributed by atoms with Gasteiger partial charge in [-0.15, -0.1) is 0 Å². The summed E-state index contributed by atoms with van der Waals surface area (Å²) in [4.78, 5) is 38.5. The summed E-state index contributed by atoms with van der Waals surface area (Å²) < 4.78 is 8.50. The largest absolute Gasteiger partial charge is 0.444 e. The van der Waals surface area contributed by atoms with Gasteiger partial charge in [-0.1, -0.05) is 60.7 Å². The normalized spacial score (nSPS) is 15.5. The Bertz CT molecular complexity index is 1270. The minimum absolute atomic E-state index is 0.170. The Morgan fingerprint density at radius 2 is 1.53 bits per heavy atom. The van der Waals surface area contributed by atoms with E-state index in [1.807, 2.05) is 60.7 Å². The molecule has 30 heavy (non-hydrogen) atoms. The lowest BCUT2D eigenvalue weighted by Gasteiger charge is -2.30. The van der Waals surface area contributed by atoms with E-state index in [1.54, 1.807) is 7.05 Å². The molecule has 0 saturated carbocycles. The Morgan fingerprint density at radius 3 is 2.13 bits per heavy atom. The number of ketones is 1. The molecule has 0 aliphatic carbocycles. The van der Waals surface area contributed by atoms with Crippen LogP contribution in [0.25, 0.3) is 0 Å². The molecule has 0 spiro atoms. The van der Waals surface area contributed by atoms with Gasteiger partial charge in [0.1, 0.15) is 5.76 Å². The van der Waals surface area contributed by atoms with Gasteiger partial charge in [0, 0.05) is 26.1 Å². The highest BCUT2D eigenvalue weighted by molar-refractivity contribution is 5.97. The van der Waals surface area contributed by atoms with Crippen molar-refractivity contribution in [2.75, 3.05) is 0 Å². The molecule has 4 rings (SSSR count). The maximum atomic E-state index is 13.1. The quantitative estimate of drug-likeness (QED) is 0.673. The number of hydrogen-bond donors (Lipinski definition) is 0. The molecule has 0 N–H and O–H groups in total. The predicted molar refractivity (Wildman–Crippen MR) is 114 cm³/mol. The molecule has 2 heterocycles. The second kappa shape index (κ2) is 7.63. The van der Waals surface area contributed by atoms with E-state index in [4.69, 9.17) is 4.74 Å². The molecule has 0 radical (unpaired) electrons. The minimum atomic E-state index is -0.614. The molecule has 1 atom stereocenters. The van der Waals surface area contributed by atoms with E-state index in [0.29, 0.717) is 23.3 Å². The van der Waals surface area contributed by atoms with Gasteiger partial charge < -0.3 is 4.74 Å². The van der Waals surface area contributed by atoms with Gasteiger partial charge in [0.2, 0.25) is 5.88 Å². The monoisotopic (exact) mass is 402 g/mol. The van der Waals surface area contributed by atoms with Gasteiger partial charge in [-0.05, 0) is 18.1 Å². The van der Waals surface area contributed by atoms with E-state index in [2.05, 4.69) is 0 Å². The number of fused-ring (bicyclic) bond motifs is 1. The average molecular weight is 402 g/mol. The third-order valence-corrected chi connectivity index (χ3v) is 5.46. The molecule has 2 aromatic carbocycles. The van der Waals surface area contributed by atoms with E-state index >= 15 is 0 Å². The van der Waals surface area contributed by atoms with Gasteiger partial charge in [0.15, 0.2) is 5.78 Å². The number of carbonyl (C=O) groups excluding carboxylic acids is 1. The second-order valence-corrected chi connectivity index (χ2v) is 7.43. The Morgan fingerprint density at radius 1 is 0.933 bits per heavy atom. The van der Waals surface area contributed by atoms with Gasteiger partial charge in [0.25, 0.3) is 5.56 Å². The zero-order valence-electron chi connectivity index (χ0n) is 17.1. The lowest BCUT2D eigenvalue weighted by molar-refractivity contribution is -0.114. The first-order valence-electron chi connectivity index (χ1n) is 9.70. The smallest absolute Gasteiger partial charge is 0.333 e. The number of ether oxygens (including phenoxy) is 1. The van der Waals surface area contributed by atoms with E-state index < -0.39 is 17.2 Å². The van der Waals surface area contributed by atoms with Gasteiger partial charge in [0.05, 0.1) is 11.5 Å². The average Bonchev–Trinajstić information content (AvgIpc) is 2.76. The molecule has 6 nitrogen and oxygen atoms in total. The van der Waals surface area contributed by atoms with Gasteiger partial charge >= 0.3 is 5.69 Å². The zero-order chi connectivity index (χ0) is 21.4. The van der Waals surface area contributed by atoms with Crippen molar-refractivity contribution >= 4 is 5.78 Å². The van der Waals surface area contributed by atoms with Gasteiger partial charge in [-0.3, -0.25) is 18.7 Å². The highest BCUT2D eigenvalue weighted by Crippen LogP contribution is 2.41. The molecule has 0 amide bonds. The third kappa shape index (κ3) is 3.20. The molecular weight excluding hydrogens is 380 g/mol. The summed E-state index contributed by atoms with van der Waals surface area (Å²) in [5.74, 6) is -0.140. The molecule has 1 aliphatic rings. The van der Waals surface area contributed by atoms with E-state index in [0.717, 1.165) is 15.7 Å². The number of nitrogens with zero attached hydrogens (tertiary/aromatic N) is 2. The predicted octanol–water partition coefficient (Wildman–Crippen LogP) is 2.69. The van der Waals surface area contributed by atoms with Crippen LogP contribution in [0.4, 0.5) is 0 Å². The Labute approximate surface area is 173 Å². The van der Waals surface area contributed by atoms with Crippen LogP contribution in [0.3, 0.4) is 0 Å². The van der Waals surface area contributed by atoms with Gasteiger partial charge in [-0.25, -0.2) is 4.79 Å². The number of rotatable bonds is 4. The Hall–Kier alpha value is -3.67. The van der Waals surface area contributed by atoms with E-state index in [1.165, 1.54) is 18.5 Å². The van der Waals surface area contributed by atoms with Crippen molar-refractivity contribution in [1.82, 2.24) is 9.13 Å². The van der Waals surface area contributed by atoms with Gasteiger partial charge in [-0.2, -0.15) is 0 Å². The third-order valence-electron chi connectivity index (χ3n) is 5.46. The summed E-state index contributed by atoms with van der Waals surface area (Å²) in [5.41, 5.74) is 1.57. The van der Waals surface area contributed by atoms with Crippen LogP contribution in [-0.4, -0.2) is 14.9 Å². The highest BCUT2D eigenvalue weighted by atomic mass is 16.5. The molecule has 0 unspecified atom stereocenters. The van der Waals surface area contributed by atoms with Crippen molar-refractivity contribution in [3.8, 4) is 5.88 Å². The van der Waals surface area contributed by atoms with Crippen molar-refractivity contribution in [2.24, 2.45) is 14.1 Å². The summed E-state index contributed by atoms with van der Waals surface area (Å²) in [6, 6.07) is 19.0. The zero-order valence-corrected chi connectivity index (χ0v) is 17.1. The number of aromatic nitrogens is 2. The summed E-state index contributed by atoms with van der Waals surface area (Å²) in [6.07, 6.45) is 0.377. The maximum absolute atomic E-state index is 13.1. The number of hydrogen-bond acceptors (Lipinski definition) is 4. The molecule has 1 aliphatic heterocycles. The van der Waals surface area contributed by atoms with Crippen molar-refractivity contribution in [2.45, 2.75) is 19.3 Å². The number of Topliss-reactive ketones (excluding diaryl/α,β-unsaturated/α-hetero) is 1. The number of carbonyl (C=O) groups is 1. The van der Waals surface area contributed by atoms with E-state index in [-0.39, 0.29) is 11.7 Å². The van der Waals surface area contributed by atoms with Crippen molar-refractivity contribution < 1.29 is 9.53 Å². The minimum Gasteiger partial charge on any atom is -0.444 e. The fraction of sp³-hybridized carbons (Fsp3) is 0.208. The molecule has 0 saturated heterocycles. The first kappa shape index (κ1) is 19.6. The summed E-state index contributed by atoms with van der Waals surface area (Å²) >= 11 is 0. The Balaban J connectivity index is 2.04. The SMILES string of the molecule is CC(=O)C1=C(Cc2ccccc2)Oc2c(c(=O)n(C)c(=O)n2C)[C@H]1c1ccccc1. The Kier molecular flexibility index (Phi) is 4.99. The first-order chi connectivity index (χ1) is 14.4. The van der Waals surface area contributed by atoms with Crippen molar-refractivity contribution in [3.05, 3.63) is 110 Å². The molecule has 0 bridgehead atoms. The standard InChI is InChI=1S/C24H22N2O4/c1-15(27)19-18(14-16-10-6-4-7-11-16)30-23-21(20(19)17-12-8-5-9-13-17)22(28)25(2)24(29)26(23)3/h4-13,20H,14H2,1-3H3/t20-/m0/s1. The van der Waals surface area contributed by atoms with Crippen molar-refractivity contribution in [3.63, 3.8) is 0 Å². The number of allylic oxidation sites excluding steroid dienone is 2. The fourth-order valence-corrected chi connectivity index (χ4v) is 3.99. The topological polar surface area (TPSA) is 70.3 Å². The van der Waals surface area contributed by atoms with Crippen LogP contribution < -0.4 is 16.0 Å². The number of benzene rings is 2. The molecule has 152 valence electrons. The van der Waals surface area contributed by atoms with E-state index in [9.17, 15) is 14.4 Å². The second-order valence-electron chi connectivity index (χ2n) is 7.43. The fourth-order valence-electron chi connectivity index (χ4n) is 3.99. The van der Waals surface area contributed by atoms with Crippen LogP contribution in [0.2, 0.25) is 0 Å². The van der Waals surface area contributed by atoms with Crippen LogP contribution in [-0.2, 0) is 25.3 Å².